The lowest BCUT2D eigenvalue weighted by Gasteiger charge is -2.39. The first kappa shape index (κ1) is 19.4. The predicted octanol–water partition coefficient (Wildman–Crippen LogP) is 3.15. The Morgan fingerprint density at radius 2 is 2.07 bits per heavy atom. The van der Waals surface area contributed by atoms with Gasteiger partial charge in [0.15, 0.2) is 5.82 Å². The molecule has 0 radical (unpaired) electrons. The highest BCUT2D eigenvalue weighted by Crippen LogP contribution is 2.38. The molecule has 0 aromatic carbocycles. The molecule has 0 unspecified atom stereocenters. The maximum absolute atomic E-state index is 9.96. The monoisotopic (exact) mass is 404 g/mol. The quantitative estimate of drug-likeness (QED) is 0.838. The van der Waals surface area contributed by atoms with Crippen LogP contribution in [0.5, 0.6) is 5.88 Å². The van der Waals surface area contributed by atoms with Gasteiger partial charge in [-0.1, -0.05) is 11.6 Å². The highest BCUT2D eigenvalue weighted by Gasteiger charge is 2.39. The van der Waals surface area contributed by atoms with E-state index >= 15 is 0 Å². The van der Waals surface area contributed by atoms with Gasteiger partial charge < -0.3 is 19.5 Å². The largest absolute Gasteiger partial charge is 0.480 e. The van der Waals surface area contributed by atoms with Crippen LogP contribution in [-0.2, 0) is 11.3 Å². The number of ether oxygens (including phenoxy) is 2. The lowest BCUT2D eigenvalue weighted by molar-refractivity contribution is -0.0147. The topological polar surface area (TPSA) is 80.6 Å². The predicted molar refractivity (Wildman–Crippen MR) is 107 cm³/mol. The minimum absolute atomic E-state index is 0.0411. The van der Waals surface area contributed by atoms with Gasteiger partial charge in [-0.15, -0.1) is 0 Å². The number of anilines is 1. The van der Waals surface area contributed by atoms with Crippen molar-refractivity contribution < 1.29 is 14.6 Å². The Bertz CT molecular complexity index is 861. The van der Waals surface area contributed by atoms with Crippen LogP contribution in [0.3, 0.4) is 0 Å². The van der Waals surface area contributed by atoms with Crippen LogP contribution < -0.4 is 9.64 Å². The number of aryl methyl sites for hydroxylation is 1. The SMILES string of the molecule is COc1nccc(-c2nc(CO)c(N3CCC4(CCCO4)CC3)nc2C)c1Cl. The van der Waals surface area contributed by atoms with Gasteiger partial charge in [0.2, 0.25) is 5.88 Å². The number of nitrogens with zero attached hydrogens (tertiary/aromatic N) is 4. The number of piperidine rings is 1. The first-order chi connectivity index (χ1) is 13.6. The average molecular weight is 405 g/mol. The number of halogens is 1. The lowest BCUT2D eigenvalue weighted by atomic mass is 9.88. The highest BCUT2D eigenvalue weighted by atomic mass is 35.5. The van der Waals surface area contributed by atoms with Gasteiger partial charge in [-0.25, -0.2) is 15.0 Å². The molecule has 0 aliphatic carbocycles. The van der Waals surface area contributed by atoms with Crippen molar-refractivity contribution in [1.29, 1.82) is 0 Å². The Balaban J connectivity index is 1.65. The summed E-state index contributed by atoms with van der Waals surface area (Å²) < 4.78 is 11.2. The van der Waals surface area contributed by atoms with Gasteiger partial charge in [0.05, 0.1) is 30.7 Å². The summed E-state index contributed by atoms with van der Waals surface area (Å²) in [5.74, 6) is 1.08. The molecule has 0 bridgehead atoms. The number of pyridine rings is 1. The summed E-state index contributed by atoms with van der Waals surface area (Å²) in [6, 6.07) is 1.78. The number of hydrogen-bond acceptors (Lipinski definition) is 7. The van der Waals surface area contributed by atoms with Crippen molar-refractivity contribution in [3.8, 4) is 17.1 Å². The first-order valence-corrected chi connectivity index (χ1v) is 10.0. The van der Waals surface area contributed by atoms with Crippen LogP contribution in [0, 0.1) is 6.92 Å². The van der Waals surface area contributed by atoms with Crippen LogP contribution in [0.15, 0.2) is 12.3 Å². The molecule has 0 saturated carbocycles. The van der Waals surface area contributed by atoms with Gasteiger partial charge in [0.1, 0.15) is 10.7 Å². The van der Waals surface area contributed by atoms with Crippen LogP contribution >= 0.6 is 11.6 Å². The summed E-state index contributed by atoms with van der Waals surface area (Å²) in [5, 5.41) is 10.3. The minimum Gasteiger partial charge on any atom is -0.480 e. The van der Waals surface area contributed by atoms with Gasteiger partial charge in [-0.05, 0) is 38.7 Å². The Kier molecular flexibility index (Phi) is 5.40. The smallest absolute Gasteiger partial charge is 0.232 e. The van der Waals surface area contributed by atoms with Crippen LogP contribution in [0.4, 0.5) is 5.82 Å². The van der Waals surface area contributed by atoms with Gasteiger partial charge in [-0.2, -0.15) is 0 Å². The second-order valence-corrected chi connectivity index (χ2v) is 7.77. The number of rotatable bonds is 4. The fraction of sp³-hybridized carbons (Fsp3) is 0.550. The van der Waals surface area contributed by atoms with Crippen LogP contribution in [-0.4, -0.2) is 52.5 Å². The van der Waals surface area contributed by atoms with Gasteiger partial charge in [0, 0.05) is 31.5 Å². The van der Waals surface area contributed by atoms with Crippen LogP contribution in [0.2, 0.25) is 5.02 Å². The third kappa shape index (κ3) is 3.43. The fourth-order valence-electron chi connectivity index (χ4n) is 4.18. The summed E-state index contributed by atoms with van der Waals surface area (Å²) >= 11 is 6.43. The van der Waals surface area contributed by atoms with E-state index in [1.54, 1.807) is 12.3 Å². The summed E-state index contributed by atoms with van der Waals surface area (Å²) in [7, 11) is 1.52. The molecule has 2 aromatic heterocycles. The maximum atomic E-state index is 9.96. The summed E-state index contributed by atoms with van der Waals surface area (Å²) in [6.45, 7) is 4.29. The zero-order chi connectivity index (χ0) is 19.7. The van der Waals surface area contributed by atoms with Crippen LogP contribution in [0.1, 0.15) is 37.1 Å². The molecule has 2 fully saturated rings. The van der Waals surface area contributed by atoms with Gasteiger partial charge >= 0.3 is 0 Å². The molecule has 150 valence electrons. The number of aliphatic hydroxyl groups is 1. The molecule has 0 atom stereocenters. The molecule has 8 heteroatoms. The van der Waals surface area contributed by atoms with Crippen molar-refractivity contribution in [2.24, 2.45) is 0 Å². The second kappa shape index (κ2) is 7.81. The summed E-state index contributed by atoms with van der Waals surface area (Å²) in [5.41, 5.74) is 2.66. The lowest BCUT2D eigenvalue weighted by Crippen LogP contribution is -2.44. The van der Waals surface area contributed by atoms with E-state index in [1.165, 1.54) is 7.11 Å². The molecule has 2 aliphatic heterocycles. The Morgan fingerprint density at radius 1 is 1.29 bits per heavy atom. The molecule has 1 spiro atoms. The van der Waals surface area contributed by atoms with E-state index in [0.29, 0.717) is 27.9 Å². The molecule has 4 rings (SSSR count). The Morgan fingerprint density at radius 3 is 2.71 bits per heavy atom. The normalized spacial score (nSPS) is 18.6. The van der Waals surface area contributed by atoms with Crippen molar-refractivity contribution >= 4 is 17.4 Å². The standard InChI is InChI=1S/C20H25ClN4O3/c1-13-17(14-4-8-22-19(27-2)16(14)21)24-15(12-26)18(23-13)25-9-6-20(7-10-25)5-3-11-28-20/h4,8,26H,3,5-7,9-12H2,1-2H3. The van der Waals surface area contributed by atoms with E-state index in [0.717, 1.165) is 56.9 Å². The minimum atomic E-state index is -0.187. The second-order valence-electron chi connectivity index (χ2n) is 7.39. The Labute approximate surface area is 169 Å². The van der Waals surface area contributed by atoms with E-state index in [1.807, 2.05) is 6.92 Å². The van der Waals surface area contributed by atoms with Crippen molar-refractivity contribution in [3.63, 3.8) is 0 Å². The molecule has 2 aliphatic rings. The molecule has 4 heterocycles. The average Bonchev–Trinajstić information content (AvgIpc) is 3.17. The van der Waals surface area contributed by atoms with Crippen molar-refractivity contribution in [2.45, 2.75) is 44.8 Å². The van der Waals surface area contributed by atoms with E-state index in [4.69, 9.17) is 31.0 Å². The summed E-state index contributed by atoms with van der Waals surface area (Å²) in [4.78, 5) is 15.8. The molecule has 1 N–H and O–H groups in total. The Hall–Kier alpha value is -1.96. The van der Waals surface area contributed by atoms with Gasteiger partial charge in [-0.3, -0.25) is 0 Å². The number of aliphatic hydroxyl groups excluding tert-OH is 1. The summed E-state index contributed by atoms with van der Waals surface area (Å²) in [6.07, 6.45) is 5.87. The zero-order valence-electron chi connectivity index (χ0n) is 16.2. The van der Waals surface area contributed by atoms with E-state index in [2.05, 4.69) is 9.88 Å². The molecule has 7 nitrogen and oxygen atoms in total. The van der Waals surface area contributed by atoms with Crippen LogP contribution in [0.25, 0.3) is 11.3 Å². The number of aromatic nitrogens is 3. The molecule has 2 aromatic rings. The molecule has 0 amide bonds. The van der Waals surface area contributed by atoms with Gasteiger partial charge in [0.25, 0.3) is 0 Å². The number of hydrogen-bond donors (Lipinski definition) is 1. The van der Waals surface area contributed by atoms with Crippen molar-refractivity contribution in [1.82, 2.24) is 15.0 Å². The van der Waals surface area contributed by atoms with Crippen molar-refractivity contribution in [3.05, 3.63) is 28.7 Å². The molecular formula is C20H25ClN4O3. The van der Waals surface area contributed by atoms with E-state index < -0.39 is 0 Å². The molecular weight excluding hydrogens is 380 g/mol. The first-order valence-electron chi connectivity index (χ1n) is 9.63. The van der Waals surface area contributed by atoms with E-state index in [9.17, 15) is 5.11 Å². The third-order valence-corrected chi connectivity index (χ3v) is 6.10. The van der Waals surface area contributed by atoms with E-state index in [-0.39, 0.29) is 12.2 Å². The third-order valence-electron chi connectivity index (χ3n) is 5.74. The number of methoxy groups -OCH3 is 1. The molecule has 28 heavy (non-hydrogen) atoms. The zero-order valence-corrected chi connectivity index (χ0v) is 17.0. The van der Waals surface area contributed by atoms with Crippen molar-refractivity contribution in [2.75, 3.05) is 31.7 Å². The molecule has 2 saturated heterocycles. The fourth-order valence-corrected chi connectivity index (χ4v) is 4.46. The maximum Gasteiger partial charge on any atom is 0.232 e. The highest BCUT2D eigenvalue weighted by molar-refractivity contribution is 6.34.